The number of nitrogens with one attached hydrogen (secondary N) is 1. The maximum Gasteiger partial charge on any atom is 0.253 e. The van der Waals surface area contributed by atoms with Crippen molar-refractivity contribution < 1.29 is 9.53 Å². The Morgan fingerprint density at radius 1 is 1.19 bits per heavy atom. The van der Waals surface area contributed by atoms with E-state index < -0.39 is 0 Å². The van der Waals surface area contributed by atoms with Crippen molar-refractivity contribution in [2.45, 2.75) is 65.0 Å². The van der Waals surface area contributed by atoms with Crippen LogP contribution in [0.2, 0.25) is 0 Å². The highest BCUT2D eigenvalue weighted by molar-refractivity contribution is 5.81. The SMILES string of the molecule is CCOc1ccc2[nH]c(=O)c(CN(C(=O)CC)C3CCCCC3)cc2c1. The highest BCUT2D eigenvalue weighted by Gasteiger charge is 2.25. The molecule has 1 N–H and O–H groups in total. The molecule has 1 fully saturated rings. The summed E-state index contributed by atoms with van der Waals surface area (Å²) in [7, 11) is 0. The van der Waals surface area contributed by atoms with Crippen LogP contribution in [0.1, 0.15) is 57.9 Å². The van der Waals surface area contributed by atoms with Gasteiger partial charge in [0.25, 0.3) is 5.56 Å². The van der Waals surface area contributed by atoms with E-state index in [1.54, 1.807) is 0 Å². The predicted molar refractivity (Wildman–Crippen MR) is 103 cm³/mol. The summed E-state index contributed by atoms with van der Waals surface area (Å²) < 4.78 is 5.56. The number of pyridine rings is 1. The Morgan fingerprint density at radius 2 is 1.96 bits per heavy atom. The molecule has 1 aromatic heterocycles. The largest absolute Gasteiger partial charge is 0.494 e. The van der Waals surface area contributed by atoms with E-state index in [4.69, 9.17) is 4.74 Å². The third-order valence-corrected chi connectivity index (χ3v) is 5.18. The number of amides is 1. The molecule has 1 amide bonds. The van der Waals surface area contributed by atoms with Crippen LogP contribution < -0.4 is 10.3 Å². The van der Waals surface area contributed by atoms with Gasteiger partial charge in [-0.1, -0.05) is 26.2 Å². The van der Waals surface area contributed by atoms with Crippen LogP contribution in [0.25, 0.3) is 10.9 Å². The summed E-state index contributed by atoms with van der Waals surface area (Å²) in [4.78, 5) is 29.9. The van der Waals surface area contributed by atoms with Crippen LogP contribution in [0.15, 0.2) is 29.1 Å². The fourth-order valence-electron chi connectivity index (χ4n) is 3.80. The Hall–Kier alpha value is -2.30. The molecule has 0 bridgehead atoms. The van der Waals surface area contributed by atoms with Gasteiger partial charge in [0.2, 0.25) is 5.91 Å². The molecule has 26 heavy (non-hydrogen) atoms. The lowest BCUT2D eigenvalue weighted by Crippen LogP contribution is -2.41. The first-order valence-electron chi connectivity index (χ1n) is 9.70. The van der Waals surface area contributed by atoms with Crippen molar-refractivity contribution in [1.82, 2.24) is 9.88 Å². The van der Waals surface area contributed by atoms with Gasteiger partial charge in [0.1, 0.15) is 5.75 Å². The summed E-state index contributed by atoms with van der Waals surface area (Å²) in [5.74, 6) is 0.909. The monoisotopic (exact) mass is 356 g/mol. The van der Waals surface area contributed by atoms with Crippen LogP contribution in [0.5, 0.6) is 5.75 Å². The van der Waals surface area contributed by atoms with E-state index in [1.165, 1.54) is 6.42 Å². The number of nitrogens with zero attached hydrogens (tertiary/aromatic N) is 1. The molecule has 1 saturated carbocycles. The van der Waals surface area contributed by atoms with E-state index in [1.807, 2.05) is 43.0 Å². The average molecular weight is 356 g/mol. The number of carbonyl (C=O) groups excluding carboxylic acids is 1. The summed E-state index contributed by atoms with van der Waals surface area (Å²) in [6, 6.07) is 7.80. The normalized spacial score (nSPS) is 15.2. The number of ether oxygens (including phenoxy) is 1. The molecule has 5 heteroatoms. The molecule has 1 aliphatic carbocycles. The molecule has 140 valence electrons. The summed E-state index contributed by atoms with van der Waals surface area (Å²) in [6.45, 7) is 4.81. The van der Waals surface area contributed by atoms with Crippen molar-refractivity contribution >= 4 is 16.8 Å². The smallest absolute Gasteiger partial charge is 0.253 e. The Kier molecular flexibility index (Phi) is 5.96. The van der Waals surface area contributed by atoms with Crippen LogP contribution in [0, 0.1) is 0 Å². The van der Waals surface area contributed by atoms with Gasteiger partial charge in [-0.15, -0.1) is 0 Å². The fraction of sp³-hybridized carbons (Fsp3) is 0.524. The molecule has 0 unspecified atom stereocenters. The third-order valence-electron chi connectivity index (χ3n) is 5.18. The van der Waals surface area contributed by atoms with E-state index in [0.717, 1.165) is 42.3 Å². The zero-order valence-electron chi connectivity index (χ0n) is 15.7. The van der Waals surface area contributed by atoms with Crippen LogP contribution in [-0.2, 0) is 11.3 Å². The van der Waals surface area contributed by atoms with E-state index >= 15 is 0 Å². The zero-order chi connectivity index (χ0) is 18.5. The molecule has 1 aliphatic rings. The van der Waals surface area contributed by atoms with Gasteiger partial charge in [-0.3, -0.25) is 9.59 Å². The number of H-pyrrole nitrogens is 1. The van der Waals surface area contributed by atoms with E-state index in [9.17, 15) is 9.59 Å². The van der Waals surface area contributed by atoms with Gasteiger partial charge in [0, 0.05) is 28.9 Å². The maximum atomic E-state index is 12.5. The summed E-state index contributed by atoms with van der Waals surface area (Å²) >= 11 is 0. The number of hydrogen-bond donors (Lipinski definition) is 1. The van der Waals surface area contributed by atoms with Crippen LogP contribution >= 0.6 is 0 Å². The first-order valence-corrected chi connectivity index (χ1v) is 9.70. The second-order valence-electron chi connectivity index (χ2n) is 6.97. The van der Waals surface area contributed by atoms with Gasteiger partial charge in [-0.25, -0.2) is 0 Å². The second kappa shape index (κ2) is 8.39. The first kappa shape index (κ1) is 18.5. The zero-order valence-corrected chi connectivity index (χ0v) is 15.7. The van der Waals surface area contributed by atoms with E-state index in [0.29, 0.717) is 25.1 Å². The van der Waals surface area contributed by atoms with Crippen molar-refractivity contribution in [3.8, 4) is 5.75 Å². The number of aromatic amines is 1. The Morgan fingerprint density at radius 3 is 2.65 bits per heavy atom. The summed E-state index contributed by atoms with van der Waals surface area (Å²) in [5, 5.41) is 0.929. The number of rotatable bonds is 6. The Bertz CT molecular complexity index is 822. The fourth-order valence-corrected chi connectivity index (χ4v) is 3.80. The highest BCUT2D eigenvalue weighted by atomic mass is 16.5. The van der Waals surface area contributed by atoms with Gasteiger partial charge >= 0.3 is 0 Å². The van der Waals surface area contributed by atoms with Crippen molar-refractivity contribution in [2.24, 2.45) is 0 Å². The number of hydrogen-bond acceptors (Lipinski definition) is 3. The Labute approximate surface area is 154 Å². The van der Waals surface area contributed by atoms with Crippen LogP contribution in [0.3, 0.4) is 0 Å². The molecule has 5 nitrogen and oxygen atoms in total. The molecule has 1 aromatic carbocycles. The summed E-state index contributed by atoms with van der Waals surface area (Å²) in [6.07, 6.45) is 6.09. The molecular weight excluding hydrogens is 328 g/mol. The van der Waals surface area contributed by atoms with E-state index in [2.05, 4.69) is 4.98 Å². The predicted octanol–water partition coefficient (Wildman–Crippen LogP) is 4.00. The number of carbonyl (C=O) groups is 1. The average Bonchev–Trinajstić information content (AvgIpc) is 2.67. The third kappa shape index (κ3) is 4.09. The van der Waals surface area contributed by atoms with Crippen molar-refractivity contribution in [2.75, 3.05) is 6.61 Å². The molecule has 2 aromatic rings. The van der Waals surface area contributed by atoms with Crippen LogP contribution in [-0.4, -0.2) is 28.4 Å². The molecular formula is C21H28N2O3. The minimum absolute atomic E-state index is 0.119. The lowest BCUT2D eigenvalue weighted by molar-refractivity contribution is -0.134. The summed E-state index contributed by atoms with van der Waals surface area (Å²) in [5.41, 5.74) is 1.30. The number of aromatic nitrogens is 1. The quantitative estimate of drug-likeness (QED) is 0.851. The van der Waals surface area contributed by atoms with Crippen molar-refractivity contribution in [3.05, 3.63) is 40.2 Å². The van der Waals surface area contributed by atoms with Gasteiger partial charge in [-0.2, -0.15) is 0 Å². The number of benzene rings is 1. The van der Waals surface area contributed by atoms with E-state index in [-0.39, 0.29) is 17.5 Å². The molecule has 1 heterocycles. The minimum Gasteiger partial charge on any atom is -0.494 e. The van der Waals surface area contributed by atoms with Gasteiger partial charge in [-0.05, 0) is 44.0 Å². The maximum absolute atomic E-state index is 12.5. The molecule has 0 spiro atoms. The highest BCUT2D eigenvalue weighted by Crippen LogP contribution is 2.25. The lowest BCUT2D eigenvalue weighted by Gasteiger charge is -2.34. The van der Waals surface area contributed by atoms with Crippen molar-refractivity contribution in [1.29, 1.82) is 0 Å². The van der Waals surface area contributed by atoms with Gasteiger partial charge < -0.3 is 14.6 Å². The first-order chi connectivity index (χ1) is 12.6. The molecule has 3 rings (SSSR count). The van der Waals surface area contributed by atoms with Gasteiger partial charge in [0.15, 0.2) is 0 Å². The molecule has 0 atom stereocenters. The van der Waals surface area contributed by atoms with Gasteiger partial charge in [0.05, 0.1) is 13.2 Å². The minimum atomic E-state index is -0.119. The van der Waals surface area contributed by atoms with Crippen LogP contribution in [0.4, 0.5) is 0 Å². The molecule has 0 radical (unpaired) electrons. The number of fused-ring (bicyclic) bond motifs is 1. The topological polar surface area (TPSA) is 62.4 Å². The second-order valence-corrected chi connectivity index (χ2v) is 6.97. The molecule has 0 aliphatic heterocycles. The van der Waals surface area contributed by atoms with Crippen molar-refractivity contribution in [3.63, 3.8) is 0 Å². The molecule has 0 saturated heterocycles. The standard InChI is InChI=1S/C21H28N2O3/c1-3-20(24)23(17-8-6-5-7-9-17)14-16-12-15-13-18(26-4-2)10-11-19(15)22-21(16)25/h10-13,17H,3-9,14H2,1-2H3,(H,22,25). The Balaban J connectivity index is 1.92. The lowest BCUT2D eigenvalue weighted by atomic mass is 9.93.